The third-order valence-corrected chi connectivity index (χ3v) is 4.49. The molecule has 0 aliphatic carbocycles. The highest BCUT2D eigenvalue weighted by atomic mass is 16.5. The van der Waals surface area contributed by atoms with E-state index in [9.17, 15) is 15.2 Å². The van der Waals surface area contributed by atoms with E-state index < -0.39 is 12.2 Å². The molecule has 1 amide bonds. The van der Waals surface area contributed by atoms with Crippen molar-refractivity contribution in [3.05, 3.63) is 30.1 Å². The van der Waals surface area contributed by atoms with Crippen molar-refractivity contribution in [1.82, 2.24) is 15.3 Å². The number of anilines is 1. The Kier molecular flexibility index (Phi) is 8.92. The molecule has 30 heavy (non-hydrogen) atoms. The number of aromatic nitrogens is 2. The normalized spacial score (nSPS) is 19.4. The number of aliphatic hydroxyl groups excluding tert-OH is 1. The van der Waals surface area contributed by atoms with Crippen molar-refractivity contribution < 1.29 is 19.4 Å². The van der Waals surface area contributed by atoms with Crippen LogP contribution in [0.3, 0.4) is 0 Å². The molecule has 1 aromatic heterocycles. The molecule has 3 rings (SSSR count). The van der Waals surface area contributed by atoms with E-state index >= 15 is 0 Å². The third kappa shape index (κ3) is 5.63. The molecule has 9 heteroatoms. The summed E-state index contributed by atoms with van der Waals surface area (Å²) in [5.41, 5.74) is 2.40. The zero-order chi connectivity index (χ0) is 22.1. The molecule has 0 bridgehead atoms. The van der Waals surface area contributed by atoms with Crippen molar-refractivity contribution in [2.24, 2.45) is 0 Å². The topological polar surface area (TPSA) is 121 Å². The first kappa shape index (κ1) is 23.5. The minimum Gasteiger partial charge on any atom is -0.389 e. The Labute approximate surface area is 176 Å². The number of rotatable bonds is 6. The molecule has 1 aliphatic rings. The van der Waals surface area contributed by atoms with Gasteiger partial charge in [-0.1, -0.05) is 13.8 Å². The van der Waals surface area contributed by atoms with Crippen LogP contribution in [0.15, 0.2) is 24.5 Å². The molecule has 3 atom stereocenters. The van der Waals surface area contributed by atoms with Gasteiger partial charge in [-0.15, -0.1) is 0 Å². The second-order valence-electron chi connectivity index (χ2n) is 6.69. The highest BCUT2D eigenvalue weighted by Crippen LogP contribution is 2.28. The summed E-state index contributed by atoms with van der Waals surface area (Å²) in [5, 5.41) is 21.7. The lowest BCUT2D eigenvalue weighted by Gasteiger charge is -2.37. The van der Waals surface area contributed by atoms with Crippen molar-refractivity contribution in [2.75, 3.05) is 38.3 Å². The molecule has 1 saturated heterocycles. The van der Waals surface area contributed by atoms with Crippen LogP contribution in [0.4, 0.5) is 5.69 Å². The van der Waals surface area contributed by atoms with Gasteiger partial charge in [-0.2, -0.15) is 5.26 Å². The number of benzene rings is 1. The Balaban J connectivity index is 0.00000155. The van der Waals surface area contributed by atoms with Crippen LogP contribution in [0.5, 0.6) is 0 Å². The van der Waals surface area contributed by atoms with Crippen LogP contribution >= 0.6 is 0 Å². The van der Waals surface area contributed by atoms with E-state index in [-0.39, 0.29) is 25.2 Å². The fourth-order valence-corrected chi connectivity index (χ4v) is 3.26. The molecule has 9 nitrogen and oxygen atoms in total. The number of morpholine rings is 1. The molecule has 1 aliphatic heterocycles. The minimum absolute atomic E-state index is 0.0895. The van der Waals surface area contributed by atoms with E-state index in [0.717, 1.165) is 5.69 Å². The maximum atomic E-state index is 12.5. The van der Waals surface area contributed by atoms with Gasteiger partial charge >= 0.3 is 0 Å². The maximum absolute atomic E-state index is 12.5. The molecule has 0 saturated carbocycles. The van der Waals surface area contributed by atoms with Gasteiger partial charge in [0.15, 0.2) is 6.10 Å². The Bertz CT molecular complexity index is 885. The fourth-order valence-electron chi connectivity index (χ4n) is 3.26. The van der Waals surface area contributed by atoms with Gasteiger partial charge in [-0.05, 0) is 19.1 Å². The SMILES string of the molecule is CC.COCC(O)CNC(=O)[C@H]1CN(c2ccc(C#N)c3nccnc23)C[C@@H](C)O1. The van der Waals surface area contributed by atoms with Gasteiger partial charge in [0.2, 0.25) is 0 Å². The number of nitrogens with zero attached hydrogens (tertiary/aromatic N) is 4. The number of amides is 1. The predicted octanol–water partition coefficient (Wildman–Crippen LogP) is 1.24. The molecule has 2 N–H and O–H groups in total. The van der Waals surface area contributed by atoms with Gasteiger partial charge in [0.1, 0.15) is 17.1 Å². The number of nitrogens with one attached hydrogen (secondary N) is 1. The second kappa shape index (κ2) is 11.4. The molecule has 0 radical (unpaired) electrons. The third-order valence-electron chi connectivity index (χ3n) is 4.49. The summed E-state index contributed by atoms with van der Waals surface area (Å²) in [6.45, 7) is 7.03. The van der Waals surface area contributed by atoms with E-state index in [1.54, 1.807) is 18.5 Å². The van der Waals surface area contributed by atoms with Gasteiger partial charge < -0.3 is 24.8 Å². The second-order valence-corrected chi connectivity index (χ2v) is 6.69. The first-order valence-corrected chi connectivity index (χ1v) is 10.0. The van der Waals surface area contributed by atoms with Gasteiger partial charge in [0.25, 0.3) is 5.91 Å². The highest BCUT2D eigenvalue weighted by Gasteiger charge is 2.31. The summed E-state index contributed by atoms with van der Waals surface area (Å²) < 4.78 is 10.7. The molecule has 2 aromatic rings. The zero-order valence-electron chi connectivity index (χ0n) is 17.8. The lowest BCUT2D eigenvalue weighted by atomic mass is 10.1. The van der Waals surface area contributed by atoms with E-state index in [4.69, 9.17) is 9.47 Å². The van der Waals surface area contributed by atoms with Crippen LogP contribution in [0.2, 0.25) is 0 Å². The number of hydrogen-bond acceptors (Lipinski definition) is 8. The molecule has 1 aromatic carbocycles. The van der Waals surface area contributed by atoms with Crippen LogP contribution in [0.25, 0.3) is 11.0 Å². The summed E-state index contributed by atoms with van der Waals surface area (Å²) in [7, 11) is 1.49. The smallest absolute Gasteiger partial charge is 0.251 e. The van der Waals surface area contributed by atoms with E-state index in [1.165, 1.54) is 7.11 Å². The fraction of sp³-hybridized carbons (Fsp3) is 0.524. The number of fused-ring (bicyclic) bond motifs is 1. The van der Waals surface area contributed by atoms with E-state index in [0.29, 0.717) is 29.7 Å². The summed E-state index contributed by atoms with van der Waals surface area (Å²) in [6.07, 6.45) is 1.48. The molecule has 2 heterocycles. The predicted molar refractivity (Wildman–Crippen MR) is 113 cm³/mol. The van der Waals surface area contributed by atoms with Crippen molar-refractivity contribution in [1.29, 1.82) is 5.26 Å². The molecular formula is C21H29N5O4. The number of carbonyl (C=O) groups excluding carboxylic acids is 1. The van der Waals surface area contributed by atoms with Crippen LogP contribution in [-0.4, -0.2) is 72.6 Å². The number of nitriles is 1. The number of methoxy groups -OCH3 is 1. The van der Waals surface area contributed by atoms with Gasteiger partial charge in [0.05, 0.1) is 36.6 Å². The summed E-state index contributed by atoms with van der Waals surface area (Å²) in [5.74, 6) is -0.296. The molecular weight excluding hydrogens is 386 g/mol. The van der Waals surface area contributed by atoms with Crippen molar-refractivity contribution in [3.8, 4) is 6.07 Å². The minimum atomic E-state index is -0.774. The number of carbonyl (C=O) groups is 1. The van der Waals surface area contributed by atoms with E-state index in [2.05, 4.69) is 21.4 Å². The summed E-state index contributed by atoms with van der Waals surface area (Å²) in [4.78, 5) is 23.2. The van der Waals surface area contributed by atoms with Crippen LogP contribution in [-0.2, 0) is 14.3 Å². The number of aliphatic hydroxyl groups is 1. The largest absolute Gasteiger partial charge is 0.389 e. The van der Waals surface area contributed by atoms with Gasteiger partial charge in [0, 0.05) is 32.6 Å². The van der Waals surface area contributed by atoms with Crippen molar-refractivity contribution in [3.63, 3.8) is 0 Å². The standard InChI is InChI=1S/C19H23N5O4.C2H6/c1-12-9-24(10-16(28-12)19(26)23-8-14(25)11-27-2)15-4-3-13(7-20)17-18(15)22-6-5-21-17;1-2/h3-6,12,14,16,25H,8-11H2,1-2H3,(H,23,26);1-2H3/t12-,14?,16-;/m1./s1. The number of hydrogen-bond donors (Lipinski definition) is 2. The molecule has 1 fully saturated rings. The highest BCUT2D eigenvalue weighted by molar-refractivity contribution is 5.92. The molecule has 1 unspecified atom stereocenters. The lowest BCUT2D eigenvalue weighted by molar-refractivity contribution is -0.137. The van der Waals surface area contributed by atoms with Crippen LogP contribution < -0.4 is 10.2 Å². The Hall–Kier alpha value is -2.80. The monoisotopic (exact) mass is 415 g/mol. The molecule has 162 valence electrons. The van der Waals surface area contributed by atoms with Crippen LogP contribution in [0, 0.1) is 11.3 Å². The summed E-state index contributed by atoms with van der Waals surface area (Å²) >= 11 is 0. The number of ether oxygens (including phenoxy) is 2. The average Bonchev–Trinajstić information content (AvgIpc) is 2.77. The van der Waals surface area contributed by atoms with E-state index in [1.807, 2.05) is 31.7 Å². The molecule has 0 spiro atoms. The summed E-state index contributed by atoms with van der Waals surface area (Å²) in [6, 6.07) is 5.67. The van der Waals surface area contributed by atoms with Crippen LogP contribution in [0.1, 0.15) is 26.3 Å². The Morgan fingerprint density at radius 2 is 2.07 bits per heavy atom. The Morgan fingerprint density at radius 3 is 2.73 bits per heavy atom. The quantitative estimate of drug-likeness (QED) is 0.723. The average molecular weight is 415 g/mol. The van der Waals surface area contributed by atoms with Crippen molar-refractivity contribution in [2.45, 2.75) is 39.1 Å². The Morgan fingerprint density at radius 1 is 1.37 bits per heavy atom. The van der Waals surface area contributed by atoms with Gasteiger partial charge in [-0.3, -0.25) is 14.8 Å². The van der Waals surface area contributed by atoms with Crippen molar-refractivity contribution >= 4 is 22.6 Å². The van der Waals surface area contributed by atoms with Gasteiger partial charge in [-0.25, -0.2) is 0 Å². The first-order chi connectivity index (χ1) is 14.5. The maximum Gasteiger partial charge on any atom is 0.251 e. The zero-order valence-corrected chi connectivity index (χ0v) is 17.8. The first-order valence-electron chi connectivity index (χ1n) is 10.0. The lowest BCUT2D eigenvalue weighted by Crippen LogP contribution is -2.53.